The number of rotatable bonds is 3. The second-order valence-electron chi connectivity index (χ2n) is 5.07. The zero-order chi connectivity index (χ0) is 14.9. The summed E-state index contributed by atoms with van der Waals surface area (Å²) in [5, 5.41) is 8.38. The topological polar surface area (TPSA) is 52.1 Å². The summed E-state index contributed by atoms with van der Waals surface area (Å²) in [5.41, 5.74) is 3.44. The summed E-state index contributed by atoms with van der Waals surface area (Å²) in [6.07, 6.45) is 0. The molecule has 0 amide bonds. The molecule has 1 aromatic heterocycles. The maximum Gasteiger partial charge on any atom is 0.196 e. The first-order valence-electron chi connectivity index (χ1n) is 7.01. The van der Waals surface area contributed by atoms with Crippen LogP contribution in [-0.4, -0.2) is 16.0 Å². The normalized spacial score (nSPS) is 11.9. The van der Waals surface area contributed by atoms with Crippen molar-refractivity contribution in [1.29, 1.82) is 0 Å². The van der Waals surface area contributed by atoms with Crippen LogP contribution in [0.3, 0.4) is 0 Å². The Balaban J connectivity index is 1.62. The van der Waals surface area contributed by atoms with Crippen molar-refractivity contribution in [2.75, 3.05) is 0 Å². The van der Waals surface area contributed by atoms with Crippen molar-refractivity contribution in [1.82, 2.24) is 10.2 Å². The van der Waals surface area contributed by atoms with E-state index < -0.39 is 0 Å². The van der Waals surface area contributed by atoms with Crippen LogP contribution >= 0.6 is 0 Å². The van der Waals surface area contributed by atoms with Crippen molar-refractivity contribution in [3.8, 4) is 17.0 Å². The van der Waals surface area contributed by atoms with Crippen LogP contribution < -0.4 is 4.74 Å². The van der Waals surface area contributed by atoms with E-state index in [1.54, 1.807) is 6.07 Å². The van der Waals surface area contributed by atoms with E-state index in [9.17, 15) is 4.79 Å². The van der Waals surface area contributed by atoms with E-state index in [0.717, 1.165) is 11.3 Å². The van der Waals surface area contributed by atoms with Crippen LogP contribution in [0.15, 0.2) is 60.7 Å². The molecule has 1 heterocycles. The minimum Gasteiger partial charge on any atom is -0.487 e. The maximum atomic E-state index is 12.4. The first-order valence-corrected chi connectivity index (χ1v) is 7.01. The average molecular weight is 288 g/mol. The lowest BCUT2D eigenvalue weighted by Crippen LogP contribution is -2.03. The Hall–Kier alpha value is -3.01. The van der Waals surface area contributed by atoms with Crippen molar-refractivity contribution < 1.29 is 9.53 Å². The third kappa shape index (κ3) is 2.05. The molecule has 2 aromatic carbocycles. The highest BCUT2D eigenvalue weighted by molar-refractivity contribution is 6.20. The van der Waals surface area contributed by atoms with E-state index in [-0.39, 0.29) is 12.4 Å². The molecule has 0 saturated heterocycles. The van der Waals surface area contributed by atoms with Gasteiger partial charge in [-0.05, 0) is 18.2 Å². The third-order valence-corrected chi connectivity index (χ3v) is 3.65. The Kier molecular flexibility index (Phi) is 2.93. The van der Waals surface area contributed by atoms with Crippen molar-refractivity contribution in [2.24, 2.45) is 0 Å². The molecule has 1 aliphatic carbocycles. The van der Waals surface area contributed by atoms with Crippen LogP contribution in [0.2, 0.25) is 0 Å². The van der Waals surface area contributed by atoms with Crippen LogP contribution in [0.25, 0.3) is 11.3 Å². The van der Waals surface area contributed by atoms with Gasteiger partial charge in [-0.25, -0.2) is 0 Å². The van der Waals surface area contributed by atoms with Gasteiger partial charge < -0.3 is 4.74 Å². The molecule has 4 rings (SSSR count). The molecule has 0 radical (unpaired) electrons. The molecule has 0 atom stereocenters. The number of para-hydroxylation sites is 1. The smallest absolute Gasteiger partial charge is 0.196 e. The van der Waals surface area contributed by atoms with E-state index >= 15 is 0 Å². The highest BCUT2D eigenvalue weighted by Crippen LogP contribution is 2.34. The number of fused-ring (bicyclic) bond motifs is 3. The Morgan fingerprint density at radius 3 is 2.36 bits per heavy atom. The summed E-state index contributed by atoms with van der Waals surface area (Å²) in [7, 11) is 0. The van der Waals surface area contributed by atoms with Crippen molar-refractivity contribution in [2.45, 2.75) is 6.61 Å². The van der Waals surface area contributed by atoms with Gasteiger partial charge in [0.05, 0.1) is 5.56 Å². The van der Waals surface area contributed by atoms with Gasteiger partial charge in [-0.2, -0.15) is 5.10 Å². The van der Waals surface area contributed by atoms with Crippen LogP contribution in [0.4, 0.5) is 0 Å². The summed E-state index contributed by atoms with van der Waals surface area (Å²) in [6.45, 7) is 0.286. The molecular weight excluding hydrogens is 276 g/mol. The van der Waals surface area contributed by atoms with Crippen LogP contribution in [0.5, 0.6) is 5.75 Å². The van der Waals surface area contributed by atoms with Gasteiger partial charge in [-0.15, -0.1) is 5.10 Å². The molecule has 0 aliphatic heterocycles. The number of ketones is 1. The standard InChI is InChI=1S/C18H12N2O2/c21-18-15-9-5-4-8-14(15)17-16(18)10-12(19-20-17)11-22-13-6-2-1-3-7-13/h1-10H,11H2. The minimum atomic E-state index is 0.00135. The highest BCUT2D eigenvalue weighted by Gasteiger charge is 2.28. The van der Waals surface area contributed by atoms with Gasteiger partial charge in [0, 0.05) is 11.1 Å². The summed E-state index contributed by atoms with van der Waals surface area (Å²) in [6, 6.07) is 18.7. The molecular formula is C18H12N2O2. The second-order valence-corrected chi connectivity index (χ2v) is 5.07. The number of ether oxygens (including phenoxy) is 1. The molecule has 0 spiro atoms. The molecule has 4 heteroatoms. The Morgan fingerprint density at radius 1 is 0.818 bits per heavy atom. The highest BCUT2D eigenvalue weighted by atomic mass is 16.5. The molecule has 0 N–H and O–H groups in total. The fraction of sp³-hybridized carbons (Fsp3) is 0.0556. The zero-order valence-corrected chi connectivity index (χ0v) is 11.7. The second kappa shape index (κ2) is 5.07. The van der Waals surface area contributed by atoms with Gasteiger partial charge in [-0.1, -0.05) is 42.5 Å². The average Bonchev–Trinajstić information content (AvgIpc) is 2.87. The monoisotopic (exact) mass is 288 g/mol. The first kappa shape index (κ1) is 12.7. The van der Waals surface area contributed by atoms with Crippen LogP contribution in [0, 0.1) is 0 Å². The minimum absolute atomic E-state index is 0.00135. The molecule has 4 nitrogen and oxygen atoms in total. The number of hydrogen-bond acceptors (Lipinski definition) is 4. The van der Waals surface area contributed by atoms with Crippen molar-refractivity contribution >= 4 is 5.78 Å². The lowest BCUT2D eigenvalue weighted by molar-refractivity contribution is 0.104. The Labute approximate surface area is 127 Å². The first-order chi connectivity index (χ1) is 10.8. The molecule has 0 unspecified atom stereocenters. The van der Waals surface area contributed by atoms with Gasteiger partial charge in [-0.3, -0.25) is 4.79 Å². The summed E-state index contributed by atoms with van der Waals surface area (Å²) >= 11 is 0. The van der Waals surface area contributed by atoms with E-state index in [0.29, 0.717) is 22.5 Å². The van der Waals surface area contributed by atoms with Crippen LogP contribution in [0.1, 0.15) is 21.6 Å². The molecule has 3 aromatic rings. The molecule has 106 valence electrons. The van der Waals surface area contributed by atoms with Crippen LogP contribution in [-0.2, 0) is 6.61 Å². The predicted molar refractivity (Wildman–Crippen MR) is 81.7 cm³/mol. The van der Waals surface area contributed by atoms with E-state index in [1.807, 2.05) is 54.6 Å². The fourth-order valence-corrected chi connectivity index (χ4v) is 2.58. The van der Waals surface area contributed by atoms with Gasteiger partial charge in [0.25, 0.3) is 0 Å². The summed E-state index contributed by atoms with van der Waals surface area (Å²) < 4.78 is 5.65. The number of benzene rings is 2. The van der Waals surface area contributed by atoms with Gasteiger partial charge in [0.2, 0.25) is 0 Å². The number of aromatic nitrogens is 2. The zero-order valence-electron chi connectivity index (χ0n) is 11.7. The summed E-state index contributed by atoms with van der Waals surface area (Å²) in [5.74, 6) is 0.765. The quantitative estimate of drug-likeness (QED) is 0.580. The van der Waals surface area contributed by atoms with E-state index in [1.165, 1.54) is 0 Å². The fourth-order valence-electron chi connectivity index (χ4n) is 2.58. The van der Waals surface area contributed by atoms with Gasteiger partial charge in [0.15, 0.2) is 5.78 Å². The molecule has 22 heavy (non-hydrogen) atoms. The Bertz CT molecular complexity index is 860. The number of hydrogen-bond donors (Lipinski definition) is 0. The maximum absolute atomic E-state index is 12.4. The van der Waals surface area contributed by atoms with Gasteiger partial charge >= 0.3 is 0 Å². The van der Waals surface area contributed by atoms with E-state index in [4.69, 9.17) is 4.74 Å². The van der Waals surface area contributed by atoms with Crippen molar-refractivity contribution in [3.63, 3.8) is 0 Å². The SMILES string of the molecule is O=C1c2ccccc2-c2nnc(COc3ccccc3)cc21. The molecule has 0 fully saturated rings. The molecule has 0 saturated carbocycles. The number of carbonyl (C=O) groups is 1. The Morgan fingerprint density at radius 2 is 1.55 bits per heavy atom. The summed E-state index contributed by atoms with van der Waals surface area (Å²) in [4.78, 5) is 12.4. The largest absolute Gasteiger partial charge is 0.487 e. The van der Waals surface area contributed by atoms with E-state index in [2.05, 4.69) is 10.2 Å². The lowest BCUT2D eigenvalue weighted by atomic mass is 10.1. The predicted octanol–water partition coefficient (Wildman–Crippen LogP) is 3.27. The number of carbonyl (C=O) groups excluding carboxylic acids is 1. The lowest BCUT2D eigenvalue weighted by Gasteiger charge is -2.05. The third-order valence-electron chi connectivity index (χ3n) is 3.65. The molecule has 1 aliphatic rings. The molecule has 0 bridgehead atoms. The van der Waals surface area contributed by atoms with Gasteiger partial charge in [0.1, 0.15) is 23.7 Å². The van der Waals surface area contributed by atoms with Crippen molar-refractivity contribution in [3.05, 3.63) is 77.5 Å². The number of nitrogens with zero attached hydrogens (tertiary/aromatic N) is 2.